The van der Waals surface area contributed by atoms with Gasteiger partial charge < -0.3 is 14.4 Å². The molecule has 0 aromatic carbocycles. The first-order chi connectivity index (χ1) is 14.2. The van der Waals surface area contributed by atoms with E-state index in [1.54, 1.807) is 0 Å². The van der Waals surface area contributed by atoms with Gasteiger partial charge in [-0.15, -0.1) is 0 Å². The summed E-state index contributed by atoms with van der Waals surface area (Å²) in [7, 11) is -3.95. The van der Waals surface area contributed by atoms with Crippen molar-refractivity contribution in [2.45, 2.75) is 104 Å². The predicted octanol–water partition coefficient (Wildman–Crippen LogP) is 6.33. The molecule has 0 N–H and O–H groups in total. The molecule has 3 atom stereocenters. The summed E-state index contributed by atoms with van der Waals surface area (Å²) >= 11 is 2.38. The van der Waals surface area contributed by atoms with E-state index in [-0.39, 0.29) is 12.1 Å². The van der Waals surface area contributed by atoms with Gasteiger partial charge in [-0.05, 0) is 19.8 Å². The van der Waals surface area contributed by atoms with Crippen molar-refractivity contribution in [3.05, 3.63) is 0 Å². The fraction of sp³-hybridized carbons (Fsp3) is 0.955. The Morgan fingerprint density at radius 1 is 0.968 bits per heavy atom. The summed E-state index contributed by atoms with van der Waals surface area (Å²) in [5, 5.41) is 0. The lowest BCUT2D eigenvalue weighted by atomic mass is 9.83. The van der Waals surface area contributed by atoms with Crippen molar-refractivity contribution in [3.8, 4) is 0 Å². The first-order valence-electron chi connectivity index (χ1n) is 12.4. The highest BCUT2D eigenvalue weighted by atomic mass is 32.4. The van der Waals surface area contributed by atoms with Gasteiger partial charge in [0.25, 0.3) is 0 Å². The summed E-state index contributed by atoms with van der Waals surface area (Å²) in [5.74, 6) is 0.0925. The van der Waals surface area contributed by atoms with Gasteiger partial charge in [0.1, 0.15) is 0 Å². The minimum absolute atomic E-state index is 0.121. The fourth-order valence-electron chi connectivity index (χ4n) is 7.36. The van der Waals surface area contributed by atoms with Crippen molar-refractivity contribution < 1.29 is 14.3 Å². The zero-order chi connectivity index (χ0) is 23.7. The molecule has 1 amide bonds. The molecule has 0 spiro atoms. The number of nitrogens with zero attached hydrogens (tertiary/aromatic N) is 1. The molecule has 1 saturated heterocycles. The van der Waals surface area contributed by atoms with Crippen LogP contribution in [0, 0.1) is 5.92 Å². The van der Waals surface area contributed by atoms with Crippen molar-refractivity contribution in [3.63, 3.8) is 0 Å². The largest absolute Gasteiger partial charge is 0.450 e. The number of ether oxygens (including phenoxy) is 2. The van der Waals surface area contributed by atoms with Gasteiger partial charge in [-0.1, -0.05) is 71.8 Å². The molecule has 9 heteroatoms. The van der Waals surface area contributed by atoms with Gasteiger partial charge in [-0.2, -0.15) is 11.2 Å². The number of carbonyl (C=O) groups excluding carboxylic acids is 1. The Kier molecular flexibility index (Phi) is 9.27. The first-order valence-corrected chi connectivity index (χ1v) is 29.6. The maximum Gasteiger partial charge on any atom is 0.410 e. The molecule has 0 unspecified atom stereocenters. The highest BCUT2D eigenvalue weighted by molar-refractivity contribution is 8.50. The zero-order valence-corrected chi connectivity index (χ0v) is 26.8. The average molecular weight is 520 g/mol. The summed E-state index contributed by atoms with van der Waals surface area (Å²) in [6, 6.07) is 0.201. The van der Waals surface area contributed by atoms with Crippen molar-refractivity contribution in [1.29, 1.82) is 0 Å². The third kappa shape index (κ3) is 5.75. The number of hydrogen-bond acceptors (Lipinski definition) is 4. The van der Waals surface area contributed by atoms with Gasteiger partial charge in [0.2, 0.25) is 0 Å². The molecule has 2 rings (SSSR count). The monoisotopic (exact) mass is 519 g/mol. The Morgan fingerprint density at radius 2 is 1.52 bits per heavy atom. The van der Waals surface area contributed by atoms with E-state index >= 15 is 0 Å². The lowest BCUT2D eigenvalue weighted by Gasteiger charge is -2.56. The highest BCUT2D eigenvalue weighted by Crippen LogP contribution is 2.45. The molecule has 0 aromatic rings. The third-order valence-corrected chi connectivity index (χ3v) is 96.5. The van der Waals surface area contributed by atoms with Gasteiger partial charge in [0.05, 0.1) is 31.1 Å². The van der Waals surface area contributed by atoms with Crippen LogP contribution in [0.5, 0.6) is 0 Å². The number of amides is 1. The van der Waals surface area contributed by atoms with E-state index in [0.29, 0.717) is 25.2 Å². The number of carbonyl (C=O) groups is 1. The quantitative estimate of drug-likeness (QED) is 0.334. The van der Waals surface area contributed by atoms with Crippen LogP contribution in [0.3, 0.4) is 0 Å². The number of rotatable bonds is 9. The summed E-state index contributed by atoms with van der Waals surface area (Å²) in [4.78, 5) is 15.1. The molecule has 4 nitrogen and oxygen atoms in total. The minimum atomic E-state index is -1.47. The van der Waals surface area contributed by atoms with Crippen LogP contribution in [-0.4, -0.2) is 77.2 Å². The summed E-state index contributed by atoms with van der Waals surface area (Å²) < 4.78 is 11.7. The molecule has 0 bridgehead atoms. The van der Waals surface area contributed by atoms with Crippen molar-refractivity contribution in [2.24, 2.45) is 5.92 Å². The predicted molar refractivity (Wildman–Crippen MR) is 147 cm³/mol. The molecule has 1 heterocycles. The average Bonchev–Trinajstić information content (AvgIpc) is 3.02. The van der Waals surface area contributed by atoms with E-state index in [1.807, 2.05) is 6.92 Å². The number of fused-ring (bicyclic) bond motifs is 1. The van der Waals surface area contributed by atoms with E-state index in [1.165, 1.54) is 19.3 Å². The van der Waals surface area contributed by atoms with Gasteiger partial charge in [0, 0.05) is 41.0 Å². The topological polar surface area (TPSA) is 38.8 Å². The van der Waals surface area contributed by atoms with Crippen LogP contribution in [0.2, 0.25) is 58.9 Å². The van der Waals surface area contributed by atoms with Crippen molar-refractivity contribution in [1.82, 2.24) is 4.90 Å². The van der Waals surface area contributed by atoms with Crippen molar-refractivity contribution >= 4 is 45.9 Å². The second kappa shape index (κ2) is 10.4. The Labute approximate surface area is 199 Å². The van der Waals surface area contributed by atoms with Crippen LogP contribution in [0.15, 0.2) is 0 Å². The van der Waals surface area contributed by atoms with Gasteiger partial charge in [-0.3, -0.25) is 0 Å². The van der Waals surface area contributed by atoms with E-state index in [2.05, 4.69) is 75.0 Å². The van der Waals surface area contributed by atoms with Crippen LogP contribution in [0.4, 0.5) is 4.79 Å². The minimum Gasteiger partial charge on any atom is -0.450 e. The molecule has 182 valence electrons. The zero-order valence-electron chi connectivity index (χ0n) is 22.0. The third-order valence-electron chi connectivity index (χ3n) is 7.45. The lowest BCUT2D eigenvalue weighted by Crippen LogP contribution is -2.81. The number of hydrogen-bond donors (Lipinski definition) is 0. The molecule has 0 aromatic heterocycles. The summed E-state index contributed by atoms with van der Waals surface area (Å²) in [6.07, 6.45) is 5.11. The Balaban J connectivity index is 2.24. The van der Waals surface area contributed by atoms with Crippen LogP contribution >= 0.6 is 11.2 Å². The van der Waals surface area contributed by atoms with E-state index in [0.717, 1.165) is 18.7 Å². The van der Waals surface area contributed by atoms with E-state index in [9.17, 15) is 4.79 Å². The van der Waals surface area contributed by atoms with Gasteiger partial charge in [-0.25, -0.2) is 4.79 Å². The standard InChI is InChI=1S/C22H49NO3SSi4/c1-11-25-22(24)23(20-18-26-21-15-13-12-14-19(20)21)16-17-27-31(28(2,3)4,29(5,6)7)30(8,9)10/h19-21H,11-18H2,1-10H3/t19-,20+,21-/m0/s1. The fourth-order valence-corrected chi connectivity index (χ4v) is 117. The normalized spacial score (nSPS) is 25.3. The second-order valence-electron chi connectivity index (χ2n) is 12.6. The van der Waals surface area contributed by atoms with Crippen LogP contribution in [-0.2, 0) is 9.47 Å². The molecule has 1 aliphatic heterocycles. The second-order valence-corrected chi connectivity index (χ2v) is 58.8. The molecule has 2 fully saturated rings. The van der Waals surface area contributed by atoms with Crippen molar-refractivity contribution in [2.75, 3.05) is 25.5 Å². The van der Waals surface area contributed by atoms with Gasteiger partial charge >= 0.3 is 6.09 Å². The molecule has 1 aliphatic carbocycles. The van der Waals surface area contributed by atoms with Gasteiger partial charge in [0.15, 0.2) is 0 Å². The molecule has 0 radical (unpaired) electrons. The maximum atomic E-state index is 13.0. The Morgan fingerprint density at radius 3 is 2.03 bits per heavy atom. The highest BCUT2D eigenvalue weighted by Gasteiger charge is 2.62. The Hall–Kier alpha value is 0.448. The van der Waals surface area contributed by atoms with E-state index in [4.69, 9.17) is 9.47 Å². The SMILES string of the molecule is CCOC(=O)N(CCS[Si]([Si](C)(C)C)([Si](C)(C)C)[Si](C)(C)C)[C@@H]1CO[C@H]2CCCC[C@H]21. The molecular weight excluding hydrogens is 471 g/mol. The van der Waals surface area contributed by atoms with Crippen LogP contribution in [0.25, 0.3) is 0 Å². The van der Waals surface area contributed by atoms with Crippen LogP contribution in [0.1, 0.15) is 32.6 Å². The summed E-state index contributed by atoms with van der Waals surface area (Å²) in [6.45, 7) is 27.6. The maximum absolute atomic E-state index is 13.0. The summed E-state index contributed by atoms with van der Waals surface area (Å²) in [5.41, 5.74) is 0. The lowest BCUT2D eigenvalue weighted by molar-refractivity contribution is 0.0662. The molecule has 31 heavy (non-hydrogen) atoms. The molecule has 1 saturated carbocycles. The van der Waals surface area contributed by atoms with E-state index < -0.39 is 28.6 Å². The smallest absolute Gasteiger partial charge is 0.410 e. The molecule has 2 aliphatic rings. The molecular formula is C22H49NO3SSi4. The Bertz CT molecular complexity index is 579. The van der Waals surface area contributed by atoms with Crippen LogP contribution < -0.4 is 0 Å². The first kappa shape index (κ1) is 27.7.